The van der Waals surface area contributed by atoms with Gasteiger partial charge in [-0.15, -0.1) is 0 Å². The molecule has 0 N–H and O–H groups in total. The van der Waals surface area contributed by atoms with E-state index >= 15 is 4.39 Å². The molecule has 130 valence electrons. The van der Waals surface area contributed by atoms with Gasteiger partial charge < -0.3 is 4.42 Å². The van der Waals surface area contributed by atoms with E-state index in [2.05, 4.69) is 4.98 Å². The second-order valence-corrected chi connectivity index (χ2v) is 6.30. The van der Waals surface area contributed by atoms with Crippen LogP contribution in [-0.4, -0.2) is 4.98 Å². The molecule has 0 aliphatic rings. The number of hydrogen-bond donors (Lipinski definition) is 0. The van der Waals surface area contributed by atoms with Crippen LogP contribution >= 0.6 is 0 Å². The SMILES string of the molecule is Fc1ccc2c(c1)oc1c(-c3ccccc3)c(F)c(-c3ccccc3)nc12. The zero-order valence-electron chi connectivity index (χ0n) is 14.1. The highest BCUT2D eigenvalue weighted by atomic mass is 19.1. The third-order valence-corrected chi connectivity index (χ3v) is 4.61. The second-order valence-electron chi connectivity index (χ2n) is 6.30. The fraction of sp³-hybridized carbons (Fsp3) is 0. The molecule has 0 saturated heterocycles. The van der Waals surface area contributed by atoms with Crippen LogP contribution in [0.15, 0.2) is 83.3 Å². The van der Waals surface area contributed by atoms with E-state index in [-0.39, 0.29) is 5.69 Å². The lowest BCUT2D eigenvalue weighted by Crippen LogP contribution is -1.95. The van der Waals surface area contributed by atoms with Crippen molar-refractivity contribution in [2.24, 2.45) is 0 Å². The number of furan rings is 1. The Morgan fingerprint density at radius 3 is 2.11 bits per heavy atom. The van der Waals surface area contributed by atoms with Crippen molar-refractivity contribution in [3.8, 4) is 22.4 Å². The first-order chi connectivity index (χ1) is 13.2. The third-order valence-electron chi connectivity index (χ3n) is 4.61. The molecule has 5 aromatic rings. The van der Waals surface area contributed by atoms with Gasteiger partial charge in [-0.25, -0.2) is 13.8 Å². The first-order valence-electron chi connectivity index (χ1n) is 8.54. The average molecular weight is 357 g/mol. The van der Waals surface area contributed by atoms with E-state index in [9.17, 15) is 4.39 Å². The smallest absolute Gasteiger partial charge is 0.164 e. The van der Waals surface area contributed by atoms with Crippen molar-refractivity contribution >= 4 is 22.1 Å². The van der Waals surface area contributed by atoms with Gasteiger partial charge in [0, 0.05) is 17.0 Å². The van der Waals surface area contributed by atoms with E-state index in [4.69, 9.17) is 4.42 Å². The largest absolute Gasteiger partial charge is 0.453 e. The Hall–Kier alpha value is -3.53. The number of rotatable bonds is 2. The van der Waals surface area contributed by atoms with Crippen LogP contribution in [0.4, 0.5) is 8.78 Å². The van der Waals surface area contributed by atoms with Gasteiger partial charge in [0.15, 0.2) is 11.4 Å². The number of pyridine rings is 1. The minimum Gasteiger partial charge on any atom is -0.453 e. The summed E-state index contributed by atoms with van der Waals surface area (Å²) in [7, 11) is 0. The molecule has 0 fully saturated rings. The van der Waals surface area contributed by atoms with Gasteiger partial charge in [0.1, 0.15) is 22.6 Å². The first-order valence-corrected chi connectivity index (χ1v) is 8.54. The Balaban J connectivity index is 1.95. The molecule has 0 aliphatic heterocycles. The van der Waals surface area contributed by atoms with Gasteiger partial charge in [0.05, 0.1) is 5.56 Å². The van der Waals surface area contributed by atoms with Crippen LogP contribution in [0.5, 0.6) is 0 Å². The maximum Gasteiger partial charge on any atom is 0.164 e. The molecule has 0 saturated carbocycles. The highest BCUT2D eigenvalue weighted by molar-refractivity contribution is 6.08. The highest BCUT2D eigenvalue weighted by Gasteiger charge is 2.22. The van der Waals surface area contributed by atoms with Crippen LogP contribution in [0.1, 0.15) is 0 Å². The van der Waals surface area contributed by atoms with Crippen molar-refractivity contribution in [1.29, 1.82) is 0 Å². The summed E-state index contributed by atoms with van der Waals surface area (Å²) >= 11 is 0. The van der Waals surface area contributed by atoms with Crippen molar-refractivity contribution < 1.29 is 13.2 Å². The van der Waals surface area contributed by atoms with Crippen LogP contribution in [0.3, 0.4) is 0 Å². The fourth-order valence-electron chi connectivity index (χ4n) is 3.37. The Bertz CT molecular complexity index is 1280. The lowest BCUT2D eigenvalue weighted by molar-refractivity contribution is 0.612. The molecular formula is C23H13F2NO. The summed E-state index contributed by atoms with van der Waals surface area (Å²) in [6, 6.07) is 22.6. The van der Waals surface area contributed by atoms with Crippen molar-refractivity contribution in [3.63, 3.8) is 0 Å². The van der Waals surface area contributed by atoms with Crippen LogP contribution in [-0.2, 0) is 0 Å². The van der Waals surface area contributed by atoms with Crippen LogP contribution in [0.25, 0.3) is 44.5 Å². The van der Waals surface area contributed by atoms with E-state index < -0.39 is 11.6 Å². The molecule has 2 aromatic heterocycles. The van der Waals surface area contributed by atoms with Crippen molar-refractivity contribution in [2.75, 3.05) is 0 Å². The molecule has 27 heavy (non-hydrogen) atoms. The molecule has 0 unspecified atom stereocenters. The monoisotopic (exact) mass is 357 g/mol. The molecule has 0 amide bonds. The number of nitrogens with zero attached hydrogens (tertiary/aromatic N) is 1. The normalized spacial score (nSPS) is 11.3. The number of aromatic nitrogens is 1. The predicted molar refractivity (Wildman–Crippen MR) is 102 cm³/mol. The molecular weight excluding hydrogens is 344 g/mol. The Morgan fingerprint density at radius 1 is 0.741 bits per heavy atom. The third kappa shape index (κ3) is 2.49. The van der Waals surface area contributed by atoms with E-state index in [0.29, 0.717) is 38.8 Å². The topological polar surface area (TPSA) is 26.0 Å². The minimum atomic E-state index is -0.459. The first kappa shape index (κ1) is 15.7. The summed E-state index contributed by atoms with van der Waals surface area (Å²) < 4.78 is 35.1. The van der Waals surface area contributed by atoms with E-state index in [1.54, 1.807) is 6.07 Å². The van der Waals surface area contributed by atoms with Gasteiger partial charge in [-0.3, -0.25) is 0 Å². The summed E-state index contributed by atoms with van der Waals surface area (Å²) in [5.41, 5.74) is 3.11. The second kappa shape index (κ2) is 6.02. The molecule has 4 heteroatoms. The van der Waals surface area contributed by atoms with Gasteiger partial charge in [-0.1, -0.05) is 60.7 Å². The molecule has 0 atom stereocenters. The number of hydrogen-bond acceptors (Lipinski definition) is 2. The zero-order valence-corrected chi connectivity index (χ0v) is 14.1. The molecule has 0 bridgehead atoms. The Kier molecular flexibility index (Phi) is 3.50. The highest BCUT2D eigenvalue weighted by Crippen LogP contribution is 2.39. The van der Waals surface area contributed by atoms with Gasteiger partial charge in [-0.05, 0) is 17.7 Å². The Morgan fingerprint density at radius 2 is 1.41 bits per heavy atom. The van der Waals surface area contributed by atoms with Crippen LogP contribution in [0, 0.1) is 11.6 Å². The van der Waals surface area contributed by atoms with E-state index in [1.165, 1.54) is 12.1 Å². The molecule has 0 spiro atoms. The molecule has 5 rings (SSSR count). The van der Waals surface area contributed by atoms with Crippen LogP contribution < -0.4 is 0 Å². The predicted octanol–water partition coefficient (Wildman–Crippen LogP) is 6.59. The number of halogens is 2. The summed E-state index contributed by atoms with van der Waals surface area (Å²) in [5.74, 6) is -0.869. The van der Waals surface area contributed by atoms with Crippen molar-refractivity contribution in [3.05, 3.63) is 90.5 Å². The van der Waals surface area contributed by atoms with Gasteiger partial charge in [0.25, 0.3) is 0 Å². The van der Waals surface area contributed by atoms with Crippen molar-refractivity contribution in [1.82, 2.24) is 4.98 Å². The van der Waals surface area contributed by atoms with Gasteiger partial charge in [0.2, 0.25) is 0 Å². The summed E-state index contributed by atoms with van der Waals surface area (Å²) in [6.07, 6.45) is 0. The summed E-state index contributed by atoms with van der Waals surface area (Å²) in [4.78, 5) is 4.56. The maximum absolute atomic E-state index is 15.6. The molecule has 2 heterocycles. The minimum absolute atomic E-state index is 0.244. The lowest BCUT2D eigenvalue weighted by Gasteiger charge is -2.09. The number of fused-ring (bicyclic) bond motifs is 3. The van der Waals surface area contributed by atoms with Gasteiger partial charge in [-0.2, -0.15) is 0 Å². The molecule has 3 aromatic carbocycles. The van der Waals surface area contributed by atoms with Crippen molar-refractivity contribution in [2.45, 2.75) is 0 Å². The maximum atomic E-state index is 15.6. The van der Waals surface area contributed by atoms with Gasteiger partial charge >= 0.3 is 0 Å². The zero-order chi connectivity index (χ0) is 18.4. The standard InChI is InChI=1S/C23H13F2NO/c24-16-11-12-17-18(13-16)27-23-19(14-7-3-1-4-8-14)20(25)21(26-22(17)23)15-9-5-2-6-10-15/h1-13H. The number of benzene rings is 3. The quantitative estimate of drug-likeness (QED) is 0.356. The average Bonchev–Trinajstić information content (AvgIpc) is 3.05. The van der Waals surface area contributed by atoms with E-state index in [0.717, 1.165) is 0 Å². The fourth-order valence-corrected chi connectivity index (χ4v) is 3.37. The lowest BCUT2D eigenvalue weighted by atomic mass is 10.0. The molecule has 0 aliphatic carbocycles. The van der Waals surface area contributed by atoms with Crippen LogP contribution in [0.2, 0.25) is 0 Å². The van der Waals surface area contributed by atoms with E-state index in [1.807, 2.05) is 60.7 Å². The summed E-state index contributed by atoms with van der Waals surface area (Å²) in [5, 5.41) is 0.653. The Labute approximate surface area is 153 Å². The molecule has 0 radical (unpaired) electrons. The molecule has 2 nitrogen and oxygen atoms in total. The summed E-state index contributed by atoms with van der Waals surface area (Å²) in [6.45, 7) is 0.